The number of hydrogen-bond acceptors (Lipinski definition) is 4. The van der Waals surface area contributed by atoms with Crippen LogP contribution in [-0.4, -0.2) is 30.5 Å². The Hall–Kier alpha value is -2.04. The predicted octanol–water partition coefficient (Wildman–Crippen LogP) is 1.72. The lowest BCUT2D eigenvalue weighted by atomic mass is 10.1. The van der Waals surface area contributed by atoms with E-state index in [4.69, 9.17) is 9.94 Å². The molecule has 0 saturated carbocycles. The van der Waals surface area contributed by atoms with E-state index in [1.807, 2.05) is 18.2 Å². The molecular weight excluding hydrogens is 244 g/mol. The molecule has 0 aromatic heterocycles. The van der Waals surface area contributed by atoms with E-state index >= 15 is 0 Å². The van der Waals surface area contributed by atoms with Crippen molar-refractivity contribution < 1.29 is 14.7 Å². The minimum absolute atomic E-state index is 0.0246. The molecule has 102 valence electrons. The molecule has 0 unspecified atom stereocenters. The lowest BCUT2D eigenvalue weighted by Gasteiger charge is -2.10. The van der Waals surface area contributed by atoms with Gasteiger partial charge in [0, 0.05) is 24.6 Å². The Morgan fingerprint density at radius 1 is 1.47 bits per heavy atom. The molecular formula is C14H18N2O3. The largest absolute Gasteiger partial charge is 0.493 e. The number of fused-ring (bicyclic) bond motifs is 1. The summed E-state index contributed by atoms with van der Waals surface area (Å²) in [7, 11) is 1.63. The molecule has 0 saturated heterocycles. The molecule has 5 nitrogen and oxygen atoms in total. The monoisotopic (exact) mass is 262 g/mol. The molecule has 0 aliphatic heterocycles. The summed E-state index contributed by atoms with van der Waals surface area (Å²) in [6, 6.07) is 5.75. The van der Waals surface area contributed by atoms with Crippen molar-refractivity contribution in [3.8, 4) is 5.75 Å². The summed E-state index contributed by atoms with van der Waals surface area (Å²) in [5.74, 6) is 0.852. The highest BCUT2D eigenvalue weighted by molar-refractivity contribution is 6.04. The van der Waals surface area contributed by atoms with E-state index in [1.54, 1.807) is 7.05 Å². The normalized spacial score (nSPS) is 15.3. The number of carbonyl (C=O) groups excluding carboxylic acids is 1. The molecule has 0 atom stereocenters. The van der Waals surface area contributed by atoms with Crippen LogP contribution in [0.15, 0.2) is 23.4 Å². The van der Waals surface area contributed by atoms with E-state index in [2.05, 4.69) is 10.5 Å². The van der Waals surface area contributed by atoms with Crippen LogP contribution in [0.3, 0.4) is 0 Å². The molecule has 0 heterocycles. The first kappa shape index (κ1) is 13.4. The summed E-state index contributed by atoms with van der Waals surface area (Å²) in [5, 5.41) is 14.8. The van der Waals surface area contributed by atoms with Crippen LogP contribution in [0.5, 0.6) is 5.75 Å². The summed E-state index contributed by atoms with van der Waals surface area (Å²) < 4.78 is 5.72. The van der Waals surface area contributed by atoms with Crippen LogP contribution in [0.1, 0.15) is 30.4 Å². The highest BCUT2D eigenvalue weighted by Gasteiger charge is 2.21. The molecule has 2 N–H and O–H groups in total. The van der Waals surface area contributed by atoms with E-state index in [-0.39, 0.29) is 5.91 Å². The van der Waals surface area contributed by atoms with Crippen LogP contribution in [-0.2, 0) is 11.2 Å². The number of amides is 1. The topological polar surface area (TPSA) is 70.9 Å². The van der Waals surface area contributed by atoms with Crippen LogP contribution in [0, 0.1) is 0 Å². The molecule has 1 aliphatic carbocycles. The number of benzene rings is 1. The number of nitrogens with one attached hydrogen (secondary N) is 1. The number of nitrogens with zero attached hydrogens (tertiary/aromatic N) is 1. The van der Waals surface area contributed by atoms with Gasteiger partial charge in [-0.25, -0.2) is 0 Å². The van der Waals surface area contributed by atoms with Gasteiger partial charge in [-0.05, 0) is 25.3 Å². The van der Waals surface area contributed by atoms with Crippen molar-refractivity contribution in [2.45, 2.75) is 25.7 Å². The maximum Gasteiger partial charge on any atom is 0.219 e. The molecule has 1 aliphatic rings. The van der Waals surface area contributed by atoms with E-state index in [0.29, 0.717) is 25.2 Å². The quantitative estimate of drug-likeness (QED) is 0.482. The van der Waals surface area contributed by atoms with Crippen molar-refractivity contribution in [2.24, 2.45) is 5.16 Å². The van der Waals surface area contributed by atoms with Gasteiger partial charge in [-0.3, -0.25) is 4.79 Å². The Morgan fingerprint density at radius 2 is 2.32 bits per heavy atom. The van der Waals surface area contributed by atoms with Crippen LogP contribution >= 0.6 is 0 Å². The Bertz CT molecular complexity index is 497. The van der Waals surface area contributed by atoms with Crippen molar-refractivity contribution in [1.82, 2.24) is 5.32 Å². The van der Waals surface area contributed by atoms with Gasteiger partial charge in [0.05, 0.1) is 12.3 Å². The van der Waals surface area contributed by atoms with Crippen molar-refractivity contribution in [2.75, 3.05) is 13.7 Å². The third-order valence-electron chi connectivity index (χ3n) is 3.26. The van der Waals surface area contributed by atoms with Gasteiger partial charge in [0.1, 0.15) is 5.75 Å². The van der Waals surface area contributed by atoms with Gasteiger partial charge in [-0.1, -0.05) is 17.3 Å². The second-order valence-corrected chi connectivity index (χ2v) is 4.45. The first-order valence-electron chi connectivity index (χ1n) is 6.43. The van der Waals surface area contributed by atoms with Crippen LogP contribution in [0.2, 0.25) is 0 Å². The van der Waals surface area contributed by atoms with Crippen molar-refractivity contribution in [3.63, 3.8) is 0 Å². The van der Waals surface area contributed by atoms with E-state index in [1.165, 1.54) is 0 Å². The van der Waals surface area contributed by atoms with Crippen molar-refractivity contribution >= 4 is 11.6 Å². The zero-order chi connectivity index (χ0) is 13.7. The molecule has 0 spiro atoms. The molecule has 1 amide bonds. The number of rotatable bonds is 5. The molecule has 0 fully saturated rings. The molecule has 1 aromatic rings. The summed E-state index contributed by atoms with van der Waals surface area (Å²) in [6.45, 7) is 0.509. The maximum atomic E-state index is 11.1. The first-order valence-corrected chi connectivity index (χ1v) is 6.43. The van der Waals surface area contributed by atoms with Crippen LogP contribution in [0.4, 0.5) is 0 Å². The summed E-state index contributed by atoms with van der Waals surface area (Å²) in [5.41, 5.74) is 2.77. The highest BCUT2D eigenvalue weighted by atomic mass is 16.5. The minimum atomic E-state index is 0.0246. The second-order valence-electron chi connectivity index (χ2n) is 4.45. The first-order chi connectivity index (χ1) is 9.26. The summed E-state index contributed by atoms with van der Waals surface area (Å²) in [6.07, 6.45) is 2.73. The SMILES string of the molecule is CNC(=O)CCCOc1cccc2c1CCC2=NO. The molecule has 19 heavy (non-hydrogen) atoms. The standard InChI is InChI=1S/C14H18N2O3/c1-15-14(17)6-3-9-19-13-5-2-4-10-11(13)7-8-12(10)16-18/h2,4-5,18H,3,6-9H2,1H3,(H,15,17). The smallest absolute Gasteiger partial charge is 0.219 e. The lowest BCUT2D eigenvalue weighted by molar-refractivity contribution is -0.120. The lowest BCUT2D eigenvalue weighted by Crippen LogP contribution is -2.18. The molecule has 0 radical (unpaired) electrons. The van der Waals surface area contributed by atoms with Gasteiger partial charge in [-0.15, -0.1) is 0 Å². The minimum Gasteiger partial charge on any atom is -0.493 e. The molecule has 5 heteroatoms. The van der Waals surface area contributed by atoms with Gasteiger partial charge in [0.25, 0.3) is 0 Å². The van der Waals surface area contributed by atoms with E-state index in [0.717, 1.165) is 29.7 Å². The van der Waals surface area contributed by atoms with Gasteiger partial charge in [0.15, 0.2) is 0 Å². The third kappa shape index (κ3) is 3.05. The molecule has 0 bridgehead atoms. The number of oxime groups is 1. The van der Waals surface area contributed by atoms with Crippen molar-refractivity contribution in [3.05, 3.63) is 29.3 Å². The number of ether oxygens (including phenoxy) is 1. The van der Waals surface area contributed by atoms with Gasteiger partial charge in [-0.2, -0.15) is 0 Å². The van der Waals surface area contributed by atoms with E-state index < -0.39 is 0 Å². The highest BCUT2D eigenvalue weighted by Crippen LogP contribution is 2.30. The number of carbonyl (C=O) groups is 1. The molecule has 2 rings (SSSR count). The fourth-order valence-corrected chi connectivity index (χ4v) is 2.25. The van der Waals surface area contributed by atoms with Crippen molar-refractivity contribution in [1.29, 1.82) is 0 Å². The van der Waals surface area contributed by atoms with E-state index in [9.17, 15) is 4.79 Å². The zero-order valence-corrected chi connectivity index (χ0v) is 11.0. The maximum absolute atomic E-state index is 11.1. The number of hydrogen-bond donors (Lipinski definition) is 2. The predicted molar refractivity (Wildman–Crippen MR) is 71.9 cm³/mol. The average molecular weight is 262 g/mol. The Labute approximate surface area is 112 Å². The van der Waals surface area contributed by atoms with Gasteiger partial charge >= 0.3 is 0 Å². The second kappa shape index (κ2) is 6.22. The average Bonchev–Trinajstić information content (AvgIpc) is 2.87. The zero-order valence-electron chi connectivity index (χ0n) is 11.0. The Morgan fingerprint density at radius 3 is 3.05 bits per heavy atom. The summed E-state index contributed by atoms with van der Waals surface area (Å²) in [4.78, 5) is 11.1. The molecule has 1 aromatic carbocycles. The van der Waals surface area contributed by atoms with Crippen LogP contribution < -0.4 is 10.1 Å². The van der Waals surface area contributed by atoms with Crippen LogP contribution in [0.25, 0.3) is 0 Å². The third-order valence-corrected chi connectivity index (χ3v) is 3.26. The van der Waals surface area contributed by atoms with Gasteiger partial charge in [0.2, 0.25) is 5.91 Å². The fraction of sp³-hybridized carbons (Fsp3) is 0.429. The Kier molecular flexibility index (Phi) is 4.39. The fourth-order valence-electron chi connectivity index (χ4n) is 2.25. The summed E-state index contributed by atoms with van der Waals surface area (Å²) >= 11 is 0. The van der Waals surface area contributed by atoms with Gasteiger partial charge < -0.3 is 15.3 Å². The Balaban J connectivity index is 1.95.